The Bertz CT molecular complexity index is 860. The number of nitrogens with one attached hydrogen (secondary N) is 1. The van der Waals surface area contributed by atoms with Crippen LogP contribution in [0.2, 0.25) is 0 Å². The van der Waals surface area contributed by atoms with Crippen molar-refractivity contribution in [3.8, 4) is 11.6 Å². The number of carbonyl (C=O) groups excluding carboxylic acids is 1. The highest BCUT2D eigenvalue weighted by Gasteiger charge is 2.09. The first-order valence-corrected chi connectivity index (χ1v) is 8.56. The number of carbonyl (C=O) groups is 1. The van der Waals surface area contributed by atoms with Crippen molar-refractivity contribution in [1.29, 1.82) is 0 Å². The predicted octanol–water partition coefficient (Wildman–Crippen LogP) is 2.91. The molecule has 0 aliphatic rings. The smallest absolute Gasteiger partial charge is 0.224 e. The van der Waals surface area contributed by atoms with Crippen LogP contribution in [-0.2, 0) is 17.8 Å². The summed E-state index contributed by atoms with van der Waals surface area (Å²) in [4.78, 5) is 20.7. The van der Waals surface area contributed by atoms with Crippen LogP contribution in [0.15, 0.2) is 61.3 Å². The molecule has 3 rings (SSSR count). The summed E-state index contributed by atoms with van der Waals surface area (Å²) in [5, 5.41) is 2.96. The van der Waals surface area contributed by atoms with Gasteiger partial charge < -0.3 is 10.1 Å². The summed E-state index contributed by atoms with van der Waals surface area (Å²) in [7, 11) is 0. The molecule has 1 amide bonds. The molecule has 6 nitrogen and oxygen atoms in total. The Hall–Kier alpha value is -3.15. The Kier molecular flexibility index (Phi) is 5.63. The molecule has 1 N–H and O–H groups in total. The number of rotatable bonds is 7. The zero-order valence-electron chi connectivity index (χ0n) is 14.9. The van der Waals surface area contributed by atoms with Crippen molar-refractivity contribution in [1.82, 2.24) is 19.9 Å². The van der Waals surface area contributed by atoms with Gasteiger partial charge in [0, 0.05) is 30.7 Å². The molecule has 6 heteroatoms. The summed E-state index contributed by atoms with van der Waals surface area (Å²) in [5.41, 5.74) is 1.84. The molecule has 26 heavy (non-hydrogen) atoms. The Labute approximate surface area is 152 Å². The van der Waals surface area contributed by atoms with Gasteiger partial charge in [0.1, 0.15) is 17.9 Å². The number of nitrogens with zero attached hydrogens (tertiary/aromatic N) is 3. The second kappa shape index (κ2) is 8.29. The number of pyridine rings is 1. The molecule has 134 valence electrons. The van der Waals surface area contributed by atoms with E-state index >= 15 is 0 Å². The molecule has 1 aromatic carbocycles. The number of hydrogen-bond acceptors (Lipinski definition) is 4. The van der Waals surface area contributed by atoms with Crippen LogP contribution < -0.4 is 10.1 Å². The normalized spacial score (nSPS) is 10.7. The summed E-state index contributed by atoms with van der Waals surface area (Å²) in [6.45, 7) is 4.36. The van der Waals surface area contributed by atoms with Gasteiger partial charge >= 0.3 is 0 Å². The monoisotopic (exact) mass is 350 g/mol. The molecule has 0 saturated carbocycles. The average molecular weight is 350 g/mol. The van der Waals surface area contributed by atoms with Gasteiger partial charge in [-0.25, -0.2) is 9.97 Å². The van der Waals surface area contributed by atoms with Crippen LogP contribution in [0.25, 0.3) is 5.82 Å². The van der Waals surface area contributed by atoms with Crippen LogP contribution in [-0.4, -0.2) is 26.5 Å². The molecule has 0 fully saturated rings. The van der Waals surface area contributed by atoms with Gasteiger partial charge in [-0.2, -0.15) is 0 Å². The van der Waals surface area contributed by atoms with Gasteiger partial charge in [0.15, 0.2) is 0 Å². The molecule has 0 bridgehead atoms. The van der Waals surface area contributed by atoms with E-state index in [0.717, 1.165) is 22.7 Å². The van der Waals surface area contributed by atoms with Crippen LogP contribution in [0, 0.1) is 0 Å². The fraction of sp³-hybridized carbons (Fsp3) is 0.250. The number of benzene rings is 1. The molecule has 2 heterocycles. The first-order chi connectivity index (χ1) is 12.6. The Morgan fingerprint density at radius 3 is 2.88 bits per heavy atom. The summed E-state index contributed by atoms with van der Waals surface area (Å²) < 4.78 is 7.50. The SMILES string of the molecule is CC(C)Oc1cccc(CC(=O)NCc2cccnc2-n2ccnc2)c1. The topological polar surface area (TPSA) is 69.0 Å². The lowest BCUT2D eigenvalue weighted by atomic mass is 10.1. The molecule has 0 atom stereocenters. The van der Waals surface area contributed by atoms with Gasteiger partial charge in [-0.3, -0.25) is 9.36 Å². The van der Waals surface area contributed by atoms with E-state index in [9.17, 15) is 4.79 Å². The zero-order chi connectivity index (χ0) is 18.4. The van der Waals surface area contributed by atoms with E-state index in [1.54, 1.807) is 18.7 Å². The summed E-state index contributed by atoms with van der Waals surface area (Å²) >= 11 is 0. The largest absolute Gasteiger partial charge is 0.491 e. The molecule has 0 unspecified atom stereocenters. The minimum Gasteiger partial charge on any atom is -0.491 e. The van der Waals surface area contributed by atoms with E-state index in [-0.39, 0.29) is 12.0 Å². The fourth-order valence-electron chi connectivity index (χ4n) is 2.63. The van der Waals surface area contributed by atoms with Crippen LogP contribution in [0.5, 0.6) is 5.75 Å². The molecule has 0 radical (unpaired) electrons. The van der Waals surface area contributed by atoms with Crippen molar-refractivity contribution in [3.63, 3.8) is 0 Å². The molecule has 0 saturated heterocycles. The maximum Gasteiger partial charge on any atom is 0.224 e. The van der Waals surface area contributed by atoms with E-state index in [2.05, 4.69) is 15.3 Å². The number of hydrogen-bond donors (Lipinski definition) is 1. The van der Waals surface area contributed by atoms with Crippen molar-refractivity contribution in [2.24, 2.45) is 0 Å². The van der Waals surface area contributed by atoms with Gasteiger partial charge in [0.2, 0.25) is 5.91 Å². The van der Waals surface area contributed by atoms with Gasteiger partial charge in [0.05, 0.1) is 12.5 Å². The Morgan fingerprint density at radius 2 is 2.12 bits per heavy atom. The van der Waals surface area contributed by atoms with Crippen molar-refractivity contribution in [2.45, 2.75) is 32.9 Å². The van der Waals surface area contributed by atoms with Gasteiger partial charge in [-0.1, -0.05) is 18.2 Å². The highest BCUT2D eigenvalue weighted by atomic mass is 16.5. The molecule has 2 aromatic heterocycles. The number of amides is 1. The number of ether oxygens (including phenoxy) is 1. The van der Waals surface area contributed by atoms with Crippen LogP contribution >= 0.6 is 0 Å². The van der Waals surface area contributed by atoms with E-state index in [0.29, 0.717) is 13.0 Å². The lowest BCUT2D eigenvalue weighted by Crippen LogP contribution is -2.25. The fourth-order valence-corrected chi connectivity index (χ4v) is 2.63. The van der Waals surface area contributed by atoms with Crippen LogP contribution in [0.1, 0.15) is 25.0 Å². The first-order valence-electron chi connectivity index (χ1n) is 8.56. The molecule has 0 aliphatic heterocycles. The van der Waals surface area contributed by atoms with Gasteiger partial charge in [-0.15, -0.1) is 0 Å². The maximum atomic E-state index is 12.3. The highest BCUT2D eigenvalue weighted by Crippen LogP contribution is 2.15. The Balaban J connectivity index is 1.62. The van der Waals surface area contributed by atoms with Gasteiger partial charge in [-0.05, 0) is 37.6 Å². The average Bonchev–Trinajstić information content (AvgIpc) is 3.14. The summed E-state index contributed by atoms with van der Waals surface area (Å²) in [6.07, 6.45) is 7.34. The Morgan fingerprint density at radius 1 is 1.23 bits per heavy atom. The minimum atomic E-state index is -0.0490. The standard InChI is InChI=1S/C20H22N4O2/c1-15(2)26-18-7-3-5-16(11-18)12-19(25)23-13-17-6-4-8-22-20(17)24-10-9-21-14-24/h3-11,14-15H,12-13H2,1-2H3,(H,23,25). The van der Waals surface area contributed by atoms with Crippen LogP contribution in [0.3, 0.4) is 0 Å². The van der Waals surface area contributed by atoms with Crippen molar-refractivity contribution in [3.05, 3.63) is 72.4 Å². The number of aromatic nitrogens is 3. The van der Waals surface area contributed by atoms with Crippen molar-refractivity contribution >= 4 is 5.91 Å². The van der Waals surface area contributed by atoms with E-state index in [4.69, 9.17) is 4.74 Å². The van der Waals surface area contributed by atoms with Crippen LogP contribution in [0.4, 0.5) is 0 Å². The third-order valence-corrected chi connectivity index (χ3v) is 3.73. The number of imidazole rings is 1. The molecular weight excluding hydrogens is 328 g/mol. The predicted molar refractivity (Wildman–Crippen MR) is 99.1 cm³/mol. The van der Waals surface area contributed by atoms with E-state index in [1.165, 1.54) is 0 Å². The lowest BCUT2D eigenvalue weighted by Gasteiger charge is -2.12. The van der Waals surface area contributed by atoms with E-state index in [1.807, 2.05) is 61.0 Å². The van der Waals surface area contributed by atoms with Crippen molar-refractivity contribution < 1.29 is 9.53 Å². The quantitative estimate of drug-likeness (QED) is 0.711. The molecule has 3 aromatic rings. The third kappa shape index (κ3) is 4.69. The summed E-state index contributed by atoms with van der Waals surface area (Å²) in [5.74, 6) is 1.49. The molecule has 0 spiro atoms. The first kappa shape index (κ1) is 17.7. The van der Waals surface area contributed by atoms with Crippen molar-refractivity contribution in [2.75, 3.05) is 0 Å². The zero-order valence-corrected chi connectivity index (χ0v) is 14.9. The minimum absolute atomic E-state index is 0.0490. The van der Waals surface area contributed by atoms with Gasteiger partial charge in [0.25, 0.3) is 0 Å². The second-order valence-corrected chi connectivity index (χ2v) is 6.22. The molecule has 0 aliphatic carbocycles. The van der Waals surface area contributed by atoms with E-state index < -0.39 is 0 Å². The second-order valence-electron chi connectivity index (χ2n) is 6.22. The lowest BCUT2D eigenvalue weighted by molar-refractivity contribution is -0.120. The highest BCUT2D eigenvalue weighted by molar-refractivity contribution is 5.78. The molecular formula is C20H22N4O2. The third-order valence-electron chi connectivity index (χ3n) is 3.73. The maximum absolute atomic E-state index is 12.3. The summed E-state index contributed by atoms with van der Waals surface area (Å²) in [6, 6.07) is 11.4.